The van der Waals surface area contributed by atoms with E-state index in [9.17, 15) is 45.6 Å². The number of Topliss-reactive ketones (excluding diaryl/α,β-unsaturated/α-hetero) is 1. The maximum atomic E-state index is 14.9. The number of piperidine rings is 1. The molecule has 1 saturated heterocycles. The van der Waals surface area contributed by atoms with Crippen LogP contribution < -0.4 is 21.3 Å². The van der Waals surface area contributed by atoms with Gasteiger partial charge in [-0.15, -0.1) is 0 Å². The van der Waals surface area contributed by atoms with E-state index in [4.69, 9.17) is 0 Å². The minimum atomic E-state index is -4.85. The van der Waals surface area contributed by atoms with E-state index in [1.54, 1.807) is 0 Å². The Bertz CT molecular complexity index is 1640. The fourth-order valence-electron chi connectivity index (χ4n) is 9.53. The number of rotatable bonds is 15. The van der Waals surface area contributed by atoms with Crippen LogP contribution in [0.2, 0.25) is 0 Å². The zero-order valence-corrected chi connectivity index (χ0v) is 34.9. The highest BCUT2D eigenvalue weighted by Gasteiger charge is 2.70. The monoisotopic (exact) mass is 816 g/mol. The van der Waals surface area contributed by atoms with Gasteiger partial charge in [0.15, 0.2) is 0 Å². The molecule has 0 bridgehead atoms. The first-order valence-electron chi connectivity index (χ1n) is 20.5. The Morgan fingerprint density at radius 1 is 0.893 bits per heavy atom. The van der Waals surface area contributed by atoms with Gasteiger partial charge in [0, 0.05) is 19.6 Å². The molecule has 17 heteroatoms. The van der Waals surface area contributed by atoms with Gasteiger partial charge in [-0.25, -0.2) is 13.2 Å². The molecular weight excluding hydrogens is 754 g/mol. The highest BCUT2D eigenvalue weighted by atomic mass is 32.2. The molecule has 0 aromatic carbocycles. The first-order chi connectivity index (χ1) is 25.9. The van der Waals surface area contributed by atoms with Gasteiger partial charge in [0.25, 0.3) is 5.91 Å². The summed E-state index contributed by atoms with van der Waals surface area (Å²) >= 11 is 0. The van der Waals surface area contributed by atoms with Crippen LogP contribution in [-0.2, 0) is 29.2 Å². The lowest BCUT2D eigenvalue weighted by molar-refractivity contribution is -0.202. The maximum Gasteiger partial charge on any atom is 0.407 e. The third-order valence-corrected chi connectivity index (χ3v) is 16.1. The number of carbonyl (C=O) groups excluding carboxylic acids is 5. The summed E-state index contributed by atoms with van der Waals surface area (Å²) in [6, 6.07) is -3.97. The Kier molecular flexibility index (Phi) is 12.6. The lowest BCUT2D eigenvalue weighted by atomic mass is 9.70. The number of halogens is 3. The number of ketones is 1. The van der Waals surface area contributed by atoms with Crippen molar-refractivity contribution in [2.75, 3.05) is 19.3 Å². The van der Waals surface area contributed by atoms with Crippen LogP contribution in [-0.4, -0.2) is 108 Å². The molecule has 4 N–H and O–H groups in total. The molecule has 4 saturated carbocycles. The lowest BCUT2D eigenvalue weighted by Crippen LogP contribution is -2.65. The van der Waals surface area contributed by atoms with Crippen LogP contribution in [0.3, 0.4) is 0 Å². The van der Waals surface area contributed by atoms with Crippen LogP contribution in [0, 0.1) is 22.7 Å². The van der Waals surface area contributed by atoms with Crippen LogP contribution in [0.4, 0.5) is 18.0 Å². The van der Waals surface area contributed by atoms with E-state index in [2.05, 4.69) is 21.3 Å². The Morgan fingerprint density at radius 3 is 2.00 bits per heavy atom. The van der Waals surface area contributed by atoms with Crippen molar-refractivity contribution in [2.45, 2.75) is 173 Å². The van der Waals surface area contributed by atoms with Crippen LogP contribution >= 0.6 is 0 Å². The van der Waals surface area contributed by atoms with Crippen LogP contribution in [0.1, 0.15) is 131 Å². The van der Waals surface area contributed by atoms with Crippen molar-refractivity contribution in [2.24, 2.45) is 22.7 Å². The van der Waals surface area contributed by atoms with Gasteiger partial charge < -0.3 is 26.2 Å². The third-order valence-electron chi connectivity index (χ3n) is 13.9. The molecule has 0 unspecified atom stereocenters. The van der Waals surface area contributed by atoms with Gasteiger partial charge in [-0.3, -0.25) is 19.2 Å². The predicted molar refractivity (Wildman–Crippen MR) is 203 cm³/mol. The molecule has 1 heterocycles. The fraction of sp³-hybridized carbons (Fsp3) is 0.872. The normalized spacial score (nSPS) is 26.7. The van der Waals surface area contributed by atoms with Crippen molar-refractivity contribution in [3.8, 4) is 0 Å². The summed E-state index contributed by atoms with van der Waals surface area (Å²) in [4.78, 5) is 70.7. The summed E-state index contributed by atoms with van der Waals surface area (Å²) in [5.41, 5.74) is -5.07. The molecule has 0 aromatic heterocycles. The number of sulfonamides is 1. The number of urea groups is 1. The van der Waals surface area contributed by atoms with E-state index in [1.807, 2.05) is 27.7 Å². The van der Waals surface area contributed by atoms with Crippen LogP contribution in [0.5, 0.6) is 0 Å². The number of hydrogen-bond donors (Lipinski definition) is 4. The number of alkyl halides is 3. The van der Waals surface area contributed by atoms with E-state index < -0.39 is 86.1 Å². The number of hydrogen-bond acceptors (Lipinski definition) is 7. The van der Waals surface area contributed by atoms with E-state index >= 15 is 0 Å². The van der Waals surface area contributed by atoms with Gasteiger partial charge in [0.05, 0.1) is 17.3 Å². The number of carbonyl (C=O) groups is 5. The van der Waals surface area contributed by atoms with Gasteiger partial charge in [0.1, 0.15) is 17.6 Å². The Balaban J connectivity index is 1.39. The summed E-state index contributed by atoms with van der Waals surface area (Å²) in [5, 5.41) is 11.3. The van der Waals surface area contributed by atoms with Crippen molar-refractivity contribution in [3.63, 3.8) is 0 Å². The van der Waals surface area contributed by atoms with Crippen molar-refractivity contribution < 1.29 is 45.6 Å². The zero-order valence-electron chi connectivity index (χ0n) is 34.1. The molecule has 0 spiro atoms. The largest absolute Gasteiger partial charge is 0.407 e. The number of fused-ring (bicyclic) bond motifs is 1. The number of amides is 5. The number of likely N-dealkylation sites (tertiary alicyclic amines) is 1. The third kappa shape index (κ3) is 9.02. The summed E-state index contributed by atoms with van der Waals surface area (Å²) in [6.07, 6.45) is 3.58. The SMILES string of the molecule is CCC[C@H](NC(=O)[C@@H]1[C@@H]2[C@H](CN1C(=O)[C@@H](NC(=O)NC1(CS(=O)(=O)N(C)C(C)(C)C(F)(F)F)CCCCC1)C1(C)CCCCC1)C2(C)C)C(=O)C(=O)NC1CC1. The molecule has 4 aliphatic carbocycles. The molecule has 5 amide bonds. The molecular formula is C39H63F3N6O7S. The molecule has 0 radical (unpaired) electrons. The molecule has 13 nitrogen and oxygen atoms in total. The van der Waals surface area contributed by atoms with Crippen molar-refractivity contribution in [1.82, 2.24) is 30.5 Å². The Morgan fingerprint density at radius 2 is 1.46 bits per heavy atom. The van der Waals surface area contributed by atoms with E-state index in [0.717, 1.165) is 59.4 Å². The lowest BCUT2D eigenvalue weighted by Gasteiger charge is -2.44. The molecule has 5 aliphatic rings. The molecule has 5 atom stereocenters. The second kappa shape index (κ2) is 16.0. The van der Waals surface area contributed by atoms with Crippen molar-refractivity contribution >= 4 is 39.6 Å². The average molecular weight is 817 g/mol. The van der Waals surface area contributed by atoms with Gasteiger partial charge in [-0.1, -0.05) is 72.6 Å². The number of nitrogens with zero attached hydrogens (tertiary/aromatic N) is 2. The van der Waals surface area contributed by atoms with Crippen LogP contribution in [0.15, 0.2) is 0 Å². The summed E-state index contributed by atoms with van der Waals surface area (Å²) in [5.74, 6) is -3.44. The van der Waals surface area contributed by atoms with Gasteiger partial charge >= 0.3 is 12.2 Å². The van der Waals surface area contributed by atoms with Crippen molar-refractivity contribution in [1.29, 1.82) is 0 Å². The Hall–Kier alpha value is -2.95. The highest BCUT2D eigenvalue weighted by molar-refractivity contribution is 7.89. The standard InChI is InChI=1S/C39H63F3N6O7S/c1-8-15-26(29(49)32(51)43-24-16-17-24)44-31(50)28-27-25(35(27,2)3)22-48(28)33(52)30(37(6)18-11-9-12-19-37)45-34(53)46-38(20-13-10-14-21-38)23-56(54,55)47(7)36(4,5)39(40,41)42/h24-28,30H,8-23H2,1-7H3,(H,43,51)(H,44,50)(H2,45,46,53)/t25-,26-,27-,28-,30+/m0/s1. The first-order valence-corrected chi connectivity index (χ1v) is 22.1. The quantitative estimate of drug-likeness (QED) is 0.176. The predicted octanol–water partition coefficient (Wildman–Crippen LogP) is 4.55. The minimum Gasteiger partial charge on any atom is -0.347 e. The molecule has 56 heavy (non-hydrogen) atoms. The van der Waals surface area contributed by atoms with E-state index in [-0.39, 0.29) is 49.1 Å². The van der Waals surface area contributed by atoms with Gasteiger partial charge in [-0.2, -0.15) is 17.5 Å². The molecule has 318 valence electrons. The fourth-order valence-corrected chi connectivity index (χ4v) is 11.6. The van der Waals surface area contributed by atoms with E-state index in [0.29, 0.717) is 36.4 Å². The first kappa shape index (κ1) is 44.2. The smallest absolute Gasteiger partial charge is 0.347 e. The summed E-state index contributed by atoms with van der Waals surface area (Å²) in [6.45, 7) is 9.67. The Labute approximate surface area is 329 Å². The summed E-state index contributed by atoms with van der Waals surface area (Å²) in [7, 11) is -3.65. The van der Waals surface area contributed by atoms with Crippen LogP contribution in [0.25, 0.3) is 0 Å². The van der Waals surface area contributed by atoms with E-state index in [1.165, 1.54) is 4.90 Å². The second-order valence-corrected chi connectivity index (χ2v) is 20.7. The van der Waals surface area contributed by atoms with Crippen molar-refractivity contribution in [3.05, 3.63) is 0 Å². The molecule has 5 fully saturated rings. The molecule has 0 aromatic rings. The van der Waals surface area contributed by atoms with Gasteiger partial charge in [0.2, 0.25) is 27.6 Å². The van der Waals surface area contributed by atoms with Gasteiger partial charge in [-0.05, 0) is 81.5 Å². The average Bonchev–Trinajstić information content (AvgIpc) is 3.96. The zero-order chi connectivity index (χ0) is 41.6. The topological polar surface area (TPSA) is 174 Å². The molecule has 5 rings (SSSR count). The highest BCUT2D eigenvalue weighted by Crippen LogP contribution is 2.65. The minimum absolute atomic E-state index is 0.0111. The molecule has 1 aliphatic heterocycles. The maximum absolute atomic E-state index is 14.9. The number of nitrogens with one attached hydrogen (secondary N) is 4. The summed E-state index contributed by atoms with van der Waals surface area (Å²) < 4.78 is 69.4. The second-order valence-electron chi connectivity index (χ2n) is 18.7.